The zero-order valence-corrected chi connectivity index (χ0v) is 20.8. The molecule has 4 rings (SSSR count). The highest BCUT2D eigenvalue weighted by molar-refractivity contribution is 5.95. The molecule has 0 radical (unpaired) electrons. The quantitative estimate of drug-likeness (QED) is 0.352. The second-order valence-corrected chi connectivity index (χ2v) is 10.0. The first-order valence-corrected chi connectivity index (χ1v) is 12.7. The summed E-state index contributed by atoms with van der Waals surface area (Å²) in [6.07, 6.45) is 4.59. The zero-order chi connectivity index (χ0) is 25.8. The number of fused-ring (bicyclic) bond motifs is 1. The molecular weight excluding hydrogens is 462 g/mol. The lowest BCUT2D eigenvalue weighted by Gasteiger charge is -2.30. The lowest BCUT2D eigenvalue weighted by Crippen LogP contribution is -2.58. The number of aromatic nitrogens is 1. The van der Waals surface area contributed by atoms with Crippen LogP contribution in [-0.4, -0.2) is 75.9 Å². The molecular formula is C26H35N5O5. The molecule has 0 aliphatic carbocycles. The second-order valence-electron chi connectivity index (χ2n) is 10.0. The second kappa shape index (κ2) is 11.1. The Labute approximate surface area is 210 Å². The number of para-hydroxylation sites is 1. The number of carboxylic acids is 1. The third-order valence-electron chi connectivity index (χ3n) is 7.16. The highest BCUT2D eigenvalue weighted by atomic mass is 16.4. The zero-order valence-electron chi connectivity index (χ0n) is 20.8. The lowest BCUT2D eigenvalue weighted by atomic mass is 9.99. The molecule has 4 atom stereocenters. The van der Waals surface area contributed by atoms with Gasteiger partial charge in [-0.25, -0.2) is 4.79 Å². The molecule has 2 saturated heterocycles. The van der Waals surface area contributed by atoms with E-state index in [9.17, 15) is 24.3 Å². The maximum Gasteiger partial charge on any atom is 0.326 e. The van der Waals surface area contributed by atoms with Gasteiger partial charge in [0.15, 0.2) is 0 Å². The largest absolute Gasteiger partial charge is 0.480 e. The number of H-pyrrole nitrogens is 1. The monoisotopic (exact) mass is 497 g/mol. The maximum absolute atomic E-state index is 13.6. The molecule has 194 valence electrons. The summed E-state index contributed by atoms with van der Waals surface area (Å²) in [5.74, 6) is -2.37. The average Bonchev–Trinajstić information content (AvgIpc) is 3.62. The van der Waals surface area contributed by atoms with Crippen molar-refractivity contribution in [3.05, 3.63) is 36.0 Å². The van der Waals surface area contributed by atoms with Crippen molar-refractivity contribution in [3.8, 4) is 0 Å². The predicted octanol–water partition coefficient (Wildman–Crippen LogP) is 1.16. The van der Waals surface area contributed by atoms with Crippen LogP contribution in [0.25, 0.3) is 10.9 Å². The summed E-state index contributed by atoms with van der Waals surface area (Å²) >= 11 is 0. The minimum Gasteiger partial charge on any atom is -0.480 e. The van der Waals surface area contributed by atoms with Crippen LogP contribution in [0.3, 0.4) is 0 Å². The molecule has 1 aromatic heterocycles. The number of likely N-dealkylation sites (tertiary alicyclic amines) is 1. The Bertz CT molecular complexity index is 1120. The summed E-state index contributed by atoms with van der Waals surface area (Å²) in [5.41, 5.74) is 1.75. The van der Waals surface area contributed by atoms with Gasteiger partial charge in [0.2, 0.25) is 17.7 Å². The SMILES string of the molecule is CC(C)C(NC(=O)C1CCCN1)C(=O)NC(Cc1c[nH]c2ccccc12)C(=O)N1CCCC1C(=O)O. The number of carboxylic acid groups (broad SMARTS) is 1. The van der Waals surface area contributed by atoms with Crippen LogP contribution in [-0.2, 0) is 25.6 Å². The molecule has 2 aliphatic rings. The van der Waals surface area contributed by atoms with Crippen molar-refractivity contribution in [2.24, 2.45) is 5.92 Å². The lowest BCUT2D eigenvalue weighted by molar-refractivity contribution is -0.149. The third-order valence-corrected chi connectivity index (χ3v) is 7.16. The number of hydrogen-bond acceptors (Lipinski definition) is 5. The van der Waals surface area contributed by atoms with Gasteiger partial charge in [0.1, 0.15) is 18.1 Å². The van der Waals surface area contributed by atoms with E-state index >= 15 is 0 Å². The van der Waals surface area contributed by atoms with Crippen LogP contribution in [0.4, 0.5) is 0 Å². The fraction of sp³-hybridized carbons (Fsp3) is 0.538. The van der Waals surface area contributed by atoms with Crippen LogP contribution in [0, 0.1) is 5.92 Å². The molecule has 2 aliphatic heterocycles. The van der Waals surface area contributed by atoms with Gasteiger partial charge in [0.25, 0.3) is 0 Å². The summed E-state index contributed by atoms with van der Waals surface area (Å²) < 4.78 is 0. The van der Waals surface area contributed by atoms with E-state index in [4.69, 9.17) is 0 Å². The number of rotatable bonds is 9. The fourth-order valence-electron chi connectivity index (χ4n) is 5.17. The molecule has 4 unspecified atom stereocenters. The smallest absolute Gasteiger partial charge is 0.326 e. The first-order valence-electron chi connectivity index (χ1n) is 12.7. The summed E-state index contributed by atoms with van der Waals surface area (Å²) in [6, 6.07) is 4.63. The average molecular weight is 498 g/mol. The van der Waals surface area contributed by atoms with Gasteiger partial charge in [0, 0.05) is 30.1 Å². The van der Waals surface area contributed by atoms with Gasteiger partial charge in [-0.1, -0.05) is 32.0 Å². The molecule has 2 fully saturated rings. The van der Waals surface area contributed by atoms with E-state index in [0.717, 1.165) is 29.4 Å². The van der Waals surface area contributed by atoms with Crippen LogP contribution in [0.2, 0.25) is 0 Å². The number of carbonyl (C=O) groups excluding carboxylic acids is 3. The van der Waals surface area contributed by atoms with E-state index in [2.05, 4.69) is 20.9 Å². The standard InChI is InChI=1S/C26H35N5O5/c1-15(2)22(30-23(32)19-9-5-11-27-19)24(33)29-20(25(34)31-12-6-10-21(31)26(35)36)13-16-14-28-18-8-4-3-7-17(16)18/h3-4,7-8,14-15,19-22,27-28H,5-6,9-13H2,1-2H3,(H,29,33)(H,30,32)(H,35,36). The topological polar surface area (TPSA) is 144 Å². The van der Waals surface area contributed by atoms with Crippen molar-refractivity contribution in [1.82, 2.24) is 25.8 Å². The number of carbonyl (C=O) groups is 4. The van der Waals surface area contributed by atoms with Crippen LogP contribution in [0.1, 0.15) is 45.1 Å². The third kappa shape index (κ3) is 5.53. The summed E-state index contributed by atoms with van der Waals surface area (Å²) in [4.78, 5) is 56.1. The Morgan fingerprint density at radius 2 is 1.89 bits per heavy atom. The molecule has 36 heavy (non-hydrogen) atoms. The van der Waals surface area contributed by atoms with Crippen LogP contribution < -0.4 is 16.0 Å². The highest BCUT2D eigenvalue weighted by Gasteiger charge is 2.39. The van der Waals surface area contributed by atoms with Gasteiger partial charge in [-0.05, 0) is 49.8 Å². The minimum atomic E-state index is -1.05. The molecule has 1 aromatic carbocycles. The molecule has 0 spiro atoms. The van der Waals surface area contributed by atoms with Crippen LogP contribution >= 0.6 is 0 Å². The van der Waals surface area contributed by atoms with E-state index in [0.29, 0.717) is 25.8 Å². The number of nitrogens with zero attached hydrogens (tertiary/aromatic N) is 1. The Kier molecular flexibility index (Phi) is 7.93. The fourth-order valence-corrected chi connectivity index (χ4v) is 5.17. The Hall–Kier alpha value is -3.40. The molecule has 0 bridgehead atoms. The first kappa shape index (κ1) is 25.7. The Balaban J connectivity index is 1.57. The predicted molar refractivity (Wildman–Crippen MR) is 134 cm³/mol. The maximum atomic E-state index is 13.6. The van der Waals surface area contributed by atoms with E-state index in [1.807, 2.05) is 44.3 Å². The Morgan fingerprint density at radius 3 is 2.58 bits per heavy atom. The number of aliphatic carboxylic acids is 1. The molecule has 10 nitrogen and oxygen atoms in total. The number of hydrogen-bond donors (Lipinski definition) is 5. The van der Waals surface area contributed by atoms with Gasteiger partial charge in [-0.2, -0.15) is 0 Å². The van der Waals surface area contributed by atoms with Crippen LogP contribution in [0.15, 0.2) is 30.5 Å². The highest BCUT2D eigenvalue weighted by Crippen LogP contribution is 2.23. The van der Waals surface area contributed by atoms with Gasteiger partial charge >= 0.3 is 5.97 Å². The van der Waals surface area contributed by atoms with Crippen molar-refractivity contribution in [2.75, 3.05) is 13.1 Å². The number of benzene rings is 1. The number of aromatic amines is 1. The van der Waals surface area contributed by atoms with E-state index in [1.54, 1.807) is 0 Å². The normalized spacial score (nSPS) is 21.5. The van der Waals surface area contributed by atoms with Crippen molar-refractivity contribution in [2.45, 2.75) is 70.1 Å². The number of amides is 3. The van der Waals surface area contributed by atoms with E-state index in [1.165, 1.54) is 4.90 Å². The molecule has 0 saturated carbocycles. The summed E-state index contributed by atoms with van der Waals surface area (Å²) in [5, 5.41) is 19.4. The van der Waals surface area contributed by atoms with E-state index in [-0.39, 0.29) is 24.3 Å². The van der Waals surface area contributed by atoms with Crippen molar-refractivity contribution in [3.63, 3.8) is 0 Å². The molecule has 3 heterocycles. The van der Waals surface area contributed by atoms with Gasteiger partial charge in [0.05, 0.1) is 6.04 Å². The van der Waals surface area contributed by atoms with Crippen molar-refractivity contribution >= 4 is 34.6 Å². The summed E-state index contributed by atoms with van der Waals surface area (Å²) in [6.45, 7) is 4.76. The molecule has 2 aromatic rings. The van der Waals surface area contributed by atoms with Crippen molar-refractivity contribution in [1.29, 1.82) is 0 Å². The van der Waals surface area contributed by atoms with E-state index < -0.39 is 35.9 Å². The van der Waals surface area contributed by atoms with Gasteiger partial charge < -0.3 is 30.9 Å². The summed E-state index contributed by atoms with van der Waals surface area (Å²) in [7, 11) is 0. The van der Waals surface area contributed by atoms with Gasteiger partial charge in [-0.15, -0.1) is 0 Å². The number of nitrogens with one attached hydrogen (secondary N) is 4. The first-order chi connectivity index (χ1) is 17.3. The molecule has 5 N–H and O–H groups in total. The molecule has 10 heteroatoms. The molecule has 3 amide bonds. The van der Waals surface area contributed by atoms with Crippen LogP contribution in [0.5, 0.6) is 0 Å². The van der Waals surface area contributed by atoms with Gasteiger partial charge in [-0.3, -0.25) is 14.4 Å². The van der Waals surface area contributed by atoms with Crippen molar-refractivity contribution < 1.29 is 24.3 Å². The minimum absolute atomic E-state index is 0.195. The Morgan fingerprint density at radius 1 is 1.11 bits per heavy atom.